The molecule has 120 valence electrons. The van der Waals surface area contributed by atoms with E-state index in [1.807, 2.05) is 25.1 Å². The van der Waals surface area contributed by atoms with Crippen LogP contribution < -0.4 is 4.74 Å². The van der Waals surface area contributed by atoms with Crippen molar-refractivity contribution in [1.29, 1.82) is 0 Å². The Labute approximate surface area is 132 Å². The summed E-state index contributed by atoms with van der Waals surface area (Å²) in [5, 5.41) is 5.03. The summed E-state index contributed by atoms with van der Waals surface area (Å²) in [7, 11) is 0. The summed E-state index contributed by atoms with van der Waals surface area (Å²) in [5.41, 5.74) is 1.72. The predicted molar refractivity (Wildman–Crippen MR) is 88.3 cm³/mol. The Morgan fingerprint density at radius 2 is 2.14 bits per heavy atom. The molecule has 0 bridgehead atoms. The third-order valence-corrected chi connectivity index (χ3v) is 4.87. The van der Waals surface area contributed by atoms with Gasteiger partial charge in [0, 0.05) is 17.5 Å². The van der Waals surface area contributed by atoms with E-state index in [-0.39, 0.29) is 0 Å². The zero-order valence-corrected chi connectivity index (χ0v) is 13.8. The highest BCUT2D eigenvalue weighted by Gasteiger charge is 2.20. The van der Waals surface area contributed by atoms with Gasteiger partial charge in [-0.15, -0.1) is 0 Å². The summed E-state index contributed by atoms with van der Waals surface area (Å²) < 4.78 is 11.2. The number of fused-ring (bicyclic) bond motifs is 1. The molecule has 1 aromatic heterocycles. The molecule has 0 radical (unpaired) electrons. The van der Waals surface area contributed by atoms with Crippen LogP contribution in [0.4, 0.5) is 0 Å². The van der Waals surface area contributed by atoms with Crippen LogP contribution in [0.15, 0.2) is 22.7 Å². The van der Waals surface area contributed by atoms with Crippen molar-refractivity contribution in [2.75, 3.05) is 19.7 Å². The lowest BCUT2D eigenvalue weighted by Gasteiger charge is -2.34. The number of hydrogen-bond acceptors (Lipinski definition) is 4. The van der Waals surface area contributed by atoms with Gasteiger partial charge in [-0.25, -0.2) is 0 Å². The van der Waals surface area contributed by atoms with Gasteiger partial charge in [-0.1, -0.05) is 12.1 Å². The molecular formula is C18H26N2O2. The number of nitrogens with zero attached hydrogens (tertiary/aromatic N) is 2. The maximum absolute atomic E-state index is 5.89. The zero-order chi connectivity index (χ0) is 15.5. The lowest BCUT2D eigenvalue weighted by atomic mass is 9.98. The molecule has 1 aliphatic heterocycles. The van der Waals surface area contributed by atoms with Crippen LogP contribution in [0.25, 0.3) is 11.0 Å². The molecule has 1 atom stereocenters. The first-order chi connectivity index (χ1) is 10.6. The number of aryl methyl sites for hydroxylation is 1. The van der Waals surface area contributed by atoms with Crippen LogP contribution >= 0.6 is 0 Å². The van der Waals surface area contributed by atoms with E-state index in [1.54, 1.807) is 0 Å². The first-order valence-electron chi connectivity index (χ1n) is 8.36. The Kier molecular flexibility index (Phi) is 4.67. The van der Waals surface area contributed by atoms with Gasteiger partial charge in [0.25, 0.3) is 0 Å². The fraction of sp³-hybridized carbons (Fsp3) is 0.611. The standard InChI is InChI=1S/C18H26N2O2/c1-13-6-9-20(10-7-13)14(2)8-11-21-16-4-5-17-15(3)19-22-18(17)12-16/h4-5,12-14H,6-11H2,1-3H3. The number of aromatic nitrogens is 1. The average Bonchev–Trinajstić information content (AvgIpc) is 2.89. The molecule has 22 heavy (non-hydrogen) atoms. The molecular weight excluding hydrogens is 276 g/mol. The highest BCUT2D eigenvalue weighted by atomic mass is 16.5. The molecule has 0 aliphatic carbocycles. The van der Waals surface area contributed by atoms with Gasteiger partial charge >= 0.3 is 0 Å². The molecule has 1 saturated heterocycles. The molecule has 2 heterocycles. The first-order valence-corrected chi connectivity index (χ1v) is 8.36. The van der Waals surface area contributed by atoms with E-state index in [1.165, 1.54) is 25.9 Å². The summed E-state index contributed by atoms with van der Waals surface area (Å²) in [6, 6.07) is 6.54. The van der Waals surface area contributed by atoms with Crippen LogP contribution in [-0.2, 0) is 0 Å². The molecule has 3 rings (SSSR count). The molecule has 0 saturated carbocycles. The van der Waals surface area contributed by atoms with Gasteiger partial charge in [0.15, 0.2) is 5.58 Å². The fourth-order valence-corrected chi connectivity index (χ4v) is 3.13. The third-order valence-electron chi connectivity index (χ3n) is 4.87. The SMILES string of the molecule is Cc1noc2cc(OCCC(C)N3CCC(C)CC3)ccc12. The Morgan fingerprint density at radius 1 is 1.36 bits per heavy atom. The Balaban J connectivity index is 1.49. The summed E-state index contributed by atoms with van der Waals surface area (Å²) in [4.78, 5) is 2.59. The van der Waals surface area contributed by atoms with Gasteiger partial charge in [0.1, 0.15) is 5.75 Å². The minimum absolute atomic E-state index is 0.587. The largest absolute Gasteiger partial charge is 0.493 e. The Bertz CT molecular complexity index is 615. The third kappa shape index (κ3) is 3.43. The molecule has 1 fully saturated rings. The van der Waals surface area contributed by atoms with E-state index < -0.39 is 0 Å². The topological polar surface area (TPSA) is 38.5 Å². The van der Waals surface area contributed by atoms with Gasteiger partial charge in [0.2, 0.25) is 0 Å². The summed E-state index contributed by atoms with van der Waals surface area (Å²) in [5.74, 6) is 1.75. The van der Waals surface area contributed by atoms with Crippen molar-refractivity contribution >= 4 is 11.0 Å². The Hall–Kier alpha value is -1.55. The van der Waals surface area contributed by atoms with Crippen LogP contribution in [-0.4, -0.2) is 35.8 Å². The average molecular weight is 302 g/mol. The Morgan fingerprint density at radius 3 is 2.91 bits per heavy atom. The summed E-state index contributed by atoms with van der Waals surface area (Å²) in [6.45, 7) is 9.81. The second kappa shape index (κ2) is 6.69. The molecule has 0 spiro atoms. The van der Waals surface area contributed by atoms with Gasteiger partial charge in [-0.05, 0) is 64.3 Å². The number of ether oxygens (including phenoxy) is 1. The number of piperidine rings is 1. The van der Waals surface area contributed by atoms with Crippen LogP contribution in [0.1, 0.15) is 38.8 Å². The molecule has 1 unspecified atom stereocenters. The lowest BCUT2D eigenvalue weighted by molar-refractivity contribution is 0.128. The van der Waals surface area contributed by atoms with Crippen molar-refractivity contribution in [3.63, 3.8) is 0 Å². The second-order valence-electron chi connectivity index (χ2n) is 6.63. The minimum atomic E-state index is 0.587. The van der Waals surface area contributed by atoms with Crippen LogP contribution in [0, 0.1) is 12.8 Å². The smallest absolute Gasteiger partial charge is 0.170 e. The van der Waals surface area contributed by atoms with Crippen LogP contribution in [0.2, 0.25) is 0 Å². The minimum Gasteiger partial charge on any atom is -0.493 e. The van der Waals surface area contributed by atoms with E-state index in [0.29, 0.717) is 6.04 Å². The number of hydrogen-bond donors (Lipinski definition) is 0. The molecule has 0 N–H and O–H groups in total. The highest BCUT2D eigenvalue weighted by molar-refractivity contribution is 5.80. The molecule has 4 nitrogen and oxygen atoms in total. The van der Waals surface area contributed by atoms with Gasteiger partial charge in [-0.3, -0.25) is 0 Å². The van der Waals surface area contributed by atoms with Crippen molar-refractivity contribution in [3.05, 3.63) is 23.9 Å². The number of rotatable bonds is 5. The molecule has 2 aromatic rings. The van der Waals surface area contributed by atoms with E-state index in [0.717, 1.165) is 41.4 Å². The maximum atomic E-state index is 5.89. The van der Waals surface area contributed by atoms with E-state index >= 15 is 0 Å². The second-order valence-corrected chi connectivity index (χ2v) is 6.63. The van der Waals surface area contributed by atoms with Crippen LogP contribution in [0.3, 0.4) is 0 Å². The quantitative estimate of drug-likeness (QED) is 0.836. The predicted octanol–water partition coefficient (Wildman–Crippen LogP) is 4.03. The number of benzene rings is 1. The highest BCUT2D eigenvalue weighted by Crippen LogP contribution is 2.24. The van der Waals surface area contributed by atoms with Crippen molar-refractivity contribution < 1.29 is 9.26 Å². The fourth-order valence-electron chi connectivity index (χ4n) is 3.13. The maximum Gasteiger partial charge on any atom is 0.170 e. The van der Waals surface area contributed by atoms with Crippen LogP contribution in [0.5, 0.6) is 5.75 Å². The van der Waals surface area contributed by atoms with Gasteiger partial charge < -0.3 is 14.2 Å². The zero-order valence-electron chi connectivity index (χ0n) is 13.8. The van der Waals surface area contributed by atoms with E-state index in [2.05, 4.69) is 23.9 Å². The summed E-state index contributed by atoms with van der Waals surface area (Å²) >= 11 is 0. The monoisotopic (exact) mass is 302 g/mol. The van der Waals surface area contributed by atoms with Crippen molar-refractivity contribution in [2.24, 2.45) is 5.92 Å². The van der Waals surface area contributed by atoms with Crippen molar-refractivity contribution in [1.82, 2.24) is 10.1 Å². The van der Waals surface area contributed by atoms with Gasteiger partial charge in [0.05, 0.1) is 12.3 Å². The number of likely N-dealkylation sites (tertiary alicyclic amines) is 1. The normalized spacial score (nSPS) is 18.7. The molecule has 0 amide bonds. The van der Waals surface area contributed by atoms with E-state index in [4.69, 9.17) is 9.26 Å². The lowest BCUT2D eigenvalue weighted by Crippen LogP contribution is -2.40. The van der Waals surface area contributed by atoms with E-state index in [9.17, 15) is 0 Å². The molecule has 1 aliphatic rings. The molecule has 4 heteroatoms. The summed E-state index contributed by atoms with van der Waals surface area (Å²) in [6.07, 6.45) is 3.71. The molecule has 1 aromatic carbocycles. The van der Waals surface area contributed by atoms with Crippen molar-refractivity contribution in [3.8, 4) is 5.75 Å². The van der Waals surface area contributed by atoms with Crippen molar-refractivity contribution in [2.45, 2.75) is 46.1 Å². The first kappa shape index (κ1) is 15.3. The van der Waals surface area contributed by atoms with Gasteiger partial charge in [-0.2, -0.15) is 0 Å².